The summed E-state index contributed by atoms with van der Waals surface area (Å²) in [6.07, 6.45) is 7.62. The van der Waals surface area contributed by atoms with Gasteiger partial charge in [-0.1, -0.05) is 6.07 Å². The van der Waals surface area contributed by atoms with E-state index < -0.39 is 0 Å². The van der Waals surface area contributed by atoms with E-state index in [1.54, 1.807) is 19.4 Å². The summed E-state index contributed by atoms with van der Waals surface area (Å²) in [6, 6.07) is 11.5. The molecule has 0 aliphatic rings. The highest BCUT2D eigenvalue weighted by atomic mass is 16.5. The Morgan fingerprint density at radius 2 is 2.25 bits per heavy atom. The molecule has 1 aromatic carbocycles. The maximum Gasteiger partial charge on any atom is 0.244 e. The van der Waals surface area contributed by atoms with Crippen molar-refractivity contribution in [3.05, 3.63) is 66.1 Å². The summed E-state index contributed by atoms with van der Waals surface area (Å²) in [6.45, 7) is 0.565. The number of H-pyrrole nitrogens is 1. The average Bonchev–Trinajstić information content (AvgIpc) is 3.03. The molecule has 0 radical (unpaired) electrons. The van der Waals surface area contributed by atoms with E-state index in [9.17, 15) is 4.79 Å². The molecule has 0 saturated heterocycles. The Morgan fingerprint density at radius 1 is 1.33 bits per heavy atom. The average molecular weight is 321 g/mol. The minimum Gasteiger partial charge on any atom is -0.497 e. The maximum absolute atomic E-state index is 11.9. The number of hydrogen-bond donors (Lipinski definition) is 2. The van der Waals surface area contributed by atoms with Gasteiger partial charge in [-0.15, -0.1) is 0 Å². The molecule has 0 fully saturated rings. The number of rotatable bonds is 6. The topological polar surface area (TPSA) is 67.0 Å². The number of amides is 1. The molecule has 0 aliphatic heterocycles. The van der Waals surface area contributed by atoms with Gasteiger partial charge in [0.25, 0.3) is 0 Å². The van der Waals surface area contributed by atoms with Gasteiger partial charge >= 0.3 is 0 Å². The summed E-state index contributed by atoms with van der Waals surface area (Å²) in [5.41, 5.74) is 2.97. The first-order chi connectivity index (χ1) is 11.8. The van der Waals surface area contributed by atoms with E-state index in [2.05, 4.69) is 15.3 Å². The zero-order valence-corrected chi connectivity index (χ0v) is 13.5. The number of pyridine rings is 1. The van der Waals surface area contributed by atoms with Crippen molar-refractivity contribution in [2.45, 2.75) is 6.42 Å². The zero-order chi connectivity index (χ0) is 16.8. The van der Waals surface area contributed by atoms with Crippen molar-refractivity contribution in [1.29, 1.82) is 0 Å². The smallest absolute Gasteiger partial charge is 0.244 e. The molecule has 5 heteroatoms. The molecule has 1 amide bonds. The van der Waals surface area contributed by atoms with Crippen LogP contribution >= 0.6 is 0 Å². The number of aromatic amines is 1. The highest BCUT2D eigenvalue weighted by Gasteiger charge is 2.05. The molecule has 2 aromatic heterocycles. The van der Waals surface area contributed by atoms with E-state index in [0.717, 1.165) is 34.3 Å². The van der Waals surface area contributed by atoms with Gasteiger partial charge in [0.1, 0.15) is 5.75 Å². The highest BCUT2D eigenvalue weighted by molar-refractivity contribution is 5.91. The van der Waals surface area contributed by atoms with E-state index in [1.165, 1.54) is 6.08 Å². The number of hydrogen-bond acceptors (Lipinski definition) is 3. The fourth-order valence-corrected chi connectivity index (χ4v) is 2.51. The van der Waals surface area contributed by atoms with Crippen LogP contribution in [-0.4, -0.2) is 29.5 Å². The second-order valence-corrected chi connectivity index (χ2v) is 5.35. The van der Waals surface area contributed by atoms with Gasteiger partial charge in [-0.25, -0.2) is 0 Å². The standard InChI is InChI=1S/C19H19N3O2/c1-24-16-6-7-18-17(12-16)14(13-22-18)9-11-21-19(23)8-5-15-4-2-3-10-20-15/h2-8,10,12-13,22H,9,11H2,1H3,(H,21,23). The Labute approximate surface area is 140 Å². The summed E-state index contributed by atoms with van der Waals surface area (Å²) in [4.78, 5) is 19.2. The second-order valence-electron chi connectivity index (χ2n) is 5.35. The Bertz CT molecular complexity index is 853. The SMILES string of the molecule is COc1ccc2[nH]cc(CCNC(=O)C=Cc3ccccn3)c2c1. The monoisotopic (exact) mass is 321 g/mol. The van der Waals surface area contributed by atoms with Crippen LogP contribution in [0.25, 0.3) is 17.0 Å². The minimum atomic E-state index is -0.127. The Balaban J connectivity index is 1.56. The lowest BCUT2D eigenvalue weighted by molar-refractivity contribution is -0.116. The Kier molecular flexibility index (Phi) is 4.91. The predicted octanol–water partition coefficient (Wildman–Crippen LogP) is 2.94. The molecule has 24 heavy (non-hydrogen) atoms. The van der Waals surface area contributed by atoms with Crippen molar-refractivity contribution in [2.24, 2.45) is 0 Å². The van der Waals surface area contributed by atoms with Crippen molar-refractivity contribution >= 4 is 22.9 Å². The number of methoxy groups -OCH3 is 1. The molecule has 2 heterocycles. The molecule has 2 N–H and O–H groups in total. The van der Waals surface area contributed by atoms with E-state index >= 15 is 0 Å². The first-order valence-electron chi connectivity index (χ1n) is 7.77. The molecule has 0 aliphatic carbocycles. The van der Waals surface area contributed by atoms with Crippen LogP contribution in [0.15, 0.2) is 54.9 Å². The fraction of sp³-hybridized carbons (Fsp3) is 0.158. The largest absolute Gasteiger partial charge is 0.497 e. The van der Waals surface area contributed by atoms with Crippen molar-refractivity contribution < 1.29 is 9.53 Å². The van der Waals surface area contributed by atoms with Crippen molar-refractivity contribution in [1.82, 2.24) is 15.3 Å². The van der Waals surface area contributed by atoms with Crippen LogP contribution in [0, 0.1) is 0 Å². The molecule has 0 atom stereocenters. The second kappa shape index (κ2) is 7.46. The van der Waals surface area contributed by atoms with Crippen LogP contribution in [0.2, 0.25) is 0 Å². The normalized spacial score (nSPS) is 11.0. The first kappa shape index (κ1) is 15.8. The van der Waals surface area contributed by atoms with Gasteiger partial charge in [0.05, 0.1) is 12.8 Å². The van der Waals surface area contributed by atoms with Crippen molar-refractivity contribution in [3.63, 3.8) is 0 Å². The summed E-state index contributed by atoms with van der Waals surface area (Å²) in [5.74, 6) is 0.698. The number of carbonyl (C=O) groups is 1. The van der Waals surface area contributed by atoms with E-state index in [-0.39, 0.29) is 5.91 Å². The van der Waals surface area contributed by atoms with E-state index in [0.29, 0.717) is 6.54 Å². The number of nitrogens with one attached hydrogen (secondary N) is 2. The van der Waals surface area contributed by atoms with Gasteiger partial charge in [-0.2, -0.15) is 0 Å². The first-order valence-corrected chi connectivity index (χ1v) is 7.77. The third-order valence-corrected chi connectivity index (χ3v) is 3.76. The number of fused-ring (bicyclic) bond motifs is 1. The molecule has 5 nitrogen and oxygen atoms in total. The molecular weight excluding hydrogens is 302 g/mol. The Hall–Kier alpha value is -3.08. The molecule has 0 saturated carbocycles. The molecular formula is C19H19N3O2. The van der Waals surface area contributed by atoms with Crippen molar-refractivity contribution in [3.8, 4) is 5.75 Å². The maximum atomic E-state index is 11.9. The fourth-order valence-electron chi connectivity index (χ4n) is 2.51. The lowest BCUT2D eigenvalue weighted by Crippen LogP contribution is -2.23. The third kappa shape index (κ3) is 3.81. The summed E-state index contributed by atoms with van der Waals surface area (Å²) in [5, 5.41) is 4.00. The van der Waals surface area contributed by atoms with Gasteiger partial charge < -0.3 is 15.0 Å². The molecule has 122 valence electrons. The van der Waals surface area contributed by atoms with E-state index in [1.807, 2.05) is 42.6 Å². The van der Waals surface area contributed by atoms with E-state index in [4.69, 9.17) is 4.74 Å². The minimum absolute atomic E-state index is 0.127. The predicted molar refractivity (Wildman–Crippen MR) is 94.8 cm³/mol. The van der Waals surface area contributed by atoms with Gasteiger partial charge in [-0.05, 0) is 48.4 Å². The van der Waals surface area contributed by atoms with Crippen LogP contribution in [0.4, 0.5) is 0 Å². The van der Waals surface area contributed by atoms with Gasteiger partial charge in [0.2, 0.25) is 5.91 Å². The van der Waals surface area contributed by atoms with Gasteiger partial charge in [-0.3, -0.25) is 9.78 Å². The lowest BCUT2D eigenvalue weighted by atomic mass is 10.1. The van der Waals surface area contributed by atoms with Crippen LogP contribution in [0.3, 0.4) is 0 Å². The molecule has 3 rings (SSSR count). The zero-order valence-electron chi connectivity index (χ0n) is 13.5. The quantitative estimate of drug-likeness (QED) is 0.686. The number of nitrogens with zero attached hydrogens (tertiary/aromatic N) is 1. The summed E-state index contributed by atoms with van der Waals surface area (Å²) < 4.78 is 5.26. The molecule has 0 bridgehead atoms. The molecule has 0 unspecified atom stereocenters. The van der Waals surface area contributed by atoms with Crippen LogP contribution in [-0.2, 0) is 11.2 Å². The molecule has 3 aromatic rings. The number of benzene rings is 1. The summed E-state index contributed by atoms with van der Waals surface area (Å²) in [7, 11) is 1.65. The molecule has 0 spiro atoms. The lowest BCUT2D eigenvalue weighted by Gasteiger charge is -2.03. The van der Waals surface area contributed by atoms with Gasteiger partial charge in [0.15, 0.2) is 0 Å². The van der Waals surface area contributed by atoms with Crippen molar-refractivity contribution in [2.75, 3.05) is 13.7 Å². The Morgan fingerprint density at radius 3 is 3.04 bits per heavy atom. The third-order valence-electron chi connectivity index (χ3n) is 3.76. The van der Waals surface area contributed by atoms with Crippen LogP contribution < -0.4 is 10.1 Å². The van der Waals surface area contributed by atoms with Crippen LogP contribution in [0.1, 0.15) is 11.3 Å². The van der Waals surface area contributed by atoms with Crippen LogP contribution in [0.5, 0.6) is 5.75 Å². The van der Waals surface area contributed by atoms with Gasteiger partial charge in [0, 0.05) is 35.9 Å². The number of ether oxygens (including phenoxy) is 1. The summed E-state index contributed by atoms with van der Waals surface area (Å²) >= 11 is 0. The highest BCUT2D eigenvalue weighted by Crippen LogP contribution is 2.23. The number of aromatic nitrogens is 2. The number of carbonyl (C=O) groups excluding carboxylic acids is 1.